The van der Waals surface area contributed by atoms with Gasteiger partial charge < -0.3 is 14.8 Å². The van der Waals surface area contributed by atoms with Crippen LogP contribution < -0.4 is 5.32 Å². The van der Waals surface area contributed by atoms with Crippen molar-refractivity contribution in [2.75, 3.05) is 5.32 Å². The minimum absolute atomic E-state index is 0.0584. The molecule has 2 atom stereocenters. The van der Waals surface area contributed by atoms with Crippen LogP contribution in [0.3, 0.4) is 0 Å². The predicted octanol–water partition coefficient (Wildman–Crippen LogP) is 3.47. The number of para-hydroxylation sites is 1. The van der Waals surface area contributed by atoms with Crippen LogP contribution in [0.4, 0.5) is 5.82 Å². The minimum Gasteiger partial charge on any atom is -0.454 e. The van der Waals surface area contributed by atoms with Gasteiger partial charge in [-0.2, -0.15) is 0 Å². The van der Waals surface area contributed by atoms with E-state index in [1.54, 1.807) is 10.7 Å². The van der Waals surface area contributed by atoms with E-state index in [-0.39, 0.29) is 12.1 Å². The Bertz CT molecular complexity index is 1020. The third-order valence-corrected chi connectivity index (χ3v) is 4.85. The first-order valence-electron chi connectivity index (χ1n) is 8.56. The zero-order valence-electron chi connectivity index (χ0n) is 13.6. The molecular formula is C19H18N4O2. The molecular weight excluding hydrogens is 316 g/mol. The van der Waals surface area contributed by atoms with Crippen molar-refractivity contribution in [2.45, 2.75) is 31.4 Å². The molecule has 0 radical (unpaired) electrons. The summed E-state index contributed by atoms with van der Waals surface area (Å²) < 4.78 is 7.73. The Labute approximate surface area is 144 Å². The highest BCUT2D eigenvalue weighted by Crippen LogP contribution is 2.28. The molecule has 0 bridgehead atoms. The van der Waals surface area contributed by atoms with Crippen LogP contribution in [-0.2, 0) is 0 Å². The third kappa shape index (κ3) is 2.46. The summed E-state index contributed by atoms with van der Waals surface area (Å²) in [5.74, 6) is 1.47. The number of hydrogen-bond donors (Lipinski definition) is 2. The normalized spacial score (nSPS) is 20.5. The van der Waals surface area contributed by atoms with Gasteiger partial charge in [0, 0.05) is 5.39 Å². The molecule has 6 heteroatoms. The molecule has 6 nitrogen and oxygen atoms in total. The van der Waals surface area contributed by atoms with Crippen molar-refractivity contribution in [3.8, 4) is 11.5 Å². The van der Waals surface area contributed by atoms with Gasteiger partial charge in [-0.3, -0.25) is 0 Å². The lowest BCUT2D eigenvalue weighted by atomic mass is 10.2. The Morgan fingerprint density at radius 1 is 1.16 bits per heavy atom. The molecule has 2 N–H and O–H groups in total. The second-order valence-electron chi connectivity index (χ2n) is 6.53. The summed E-state index contributed by atoms with van der Waals surface area (Å²) in [6, 6.07) is 13.8. The quantitative estimate of drug-likeness (QED) is 0.600. The number of imidazole rings is 1. The molecule has 3 aromatic heterocycles. The lowest BCUT2D eigenvalue weighted by molar-refractivity contribution is 0.171. The number of aliphatic hydroxyl groups is 1. The summed E-state index contributed by atoms with van der Waals surface area (Å²) in [4.78, 5) is 4.42. The number of nitrogens with one attached hydrogen (secondary N) is 1. The summed E-state index contributed by atoms with van der Waals surface area (Å²) in [6.07, 6.45) is 4.30. The third-order valence-electron chi connectivity index (χ3n) is 4.85. The largest absolute Gasteiger partial charge is 0.454 e. The Hall–Kier alpha value is -2.86. The monoisotopic (exact) mass is 334 g/mol. The smallest absolute Gasteiger partial charge is 0.155 e. The first-order valence-corrected chi connectivity index (χ1v) is 8.56. The number of aromatic nitrogens is 3. The predicted molar refractivity (Wildman–Crippen MR) is 95.5 cm³/mol. The summed E-state index contributed by atoms with van der Waals surface area (Å²) in [5.41, 5.74) is 2.41. The topological polar surface area (TPSA) is 75.6 Å². The minimum atomic E-state index is -0.310. The van der Waals surface area contributed by atoms with E-state index in [1.165, 1.54) is 0 Å². The van der Waals surface area contributed by atoms with Crippen LogP contribution >= 0.6 is 0 Å². The number of rotatable bonds is 3. The van der Waals surface area contributed by atoms with E-state index in [9.17, 15) is 5.11 Å². The lowest BCUT2D eigenvalue weighted by Gasteiger charge is -2.16. The Morgan fingerprint density at radius 3 is 2.92 bits per heavy atom. The first kappa shape index (κ1) is 14.5. The number of aliphatic hydroxyl groups excluding tert-OH is 1. The van der Waals surface area contributed by atoms with Gasteiger partial charge in [0.15, 0.2) is 11.4 Å². The molecule has 126 valence electrons. The summed E-state index contributed by atoms with van der Waals surface area (Å²) in [7, 11) is 0. The van der Waals surface area contributed by atoms with E-state index in [0.29, 0.717) is 0 Å². The van der Waals surface area contributed by atoms with E-state index < -0.39 is 0 Å². The van der Waals surface area contributed by atoms with Gasteiger partial charge in [0.2, 0.25) is 0 Å². The molecule has 5 rings (SSSR count). The number of benzene rings is 1. The maximum Gasteiger partial charge on any atom is 0.155 e. The highest BCUT2D eigenvalue weighted by atomic mass is 16.3. The summed E-state index contributed by atoms with van der Waals surface area (Å²) >= 11 is 0. The second-order valence-corrected chi connectivity index (χ2v) is 6.53. The Morgan fingerprint density at radius 2 is 2.08 bits per heavy atom. The molecule has 1 saturated carbocycles. The van der Waals surface area contributed by atoms with Crippen molar-refractivity contribution in [3.05, 3.63) is 48.7 Å². The maximum absolute atomic E-state index is 10.0. The first-order chi connectivity index (χ1) is 12.3. The van der Waals surface area contributed by atoms with E-state index in [0.717, 1.165) is 53.2 Å². The molecule has 25 heavy (non-hydrogen) atoms. The standard InChI is InChI=1S/C19H18N4O2/c24-15-6-3-5-13(15)21-18-8-9-19-20-11-14(23(19)22-18)17-10-12-4-1-2-7-16(12)25-17/h1-2,4,7-11,13,15,24H,3,5-6H2,(H,21,22)/t13-,15+/m1/s1. The zero-order valence-corrected chi connectivity index (χ0v) is 13.6. The second kappa shape index (κ2) is 5.60. The molecule has 1 aliphatic carbocycles. The average Bonchev–Trinajstić information content (AvgIpc) is 3.33. The van der Waals surface area contributed by atoms with Crippen LogP contribution in [0.5, 0.6) is 0 Å². The van der Waals surface area contributed by atoms with Gasteiger partial charge in [0.25, 0.3) is 0 Å². The molecule has 1 aliphatic rings. The average molecular weight is 334 g/mol. The molecule has 4 aromatic rings. The number of furan rings is 1. The van der Waals surface area contributed by atoms with Gasteiger partial charge in [-0.25, -0.2) is 9.50 Å². The summed E-state index contributed by atoms with van der Waals surface area (Å²) in [6.45, 7) is 0. The fraction of sp³-hybridized carbons (Fsp3) is 0.263. The van der Waals surface area contributed by atoms with Crippen molar-refractivity contribution >= 4 is 22.4 Å². The Balaban J connectivity index is 1.55. The van der Waals surface area contributed by atoms with Gasteiger partial charge in [-0.1, -0.05) is 18.2 Å². The SMILES string of the molecule is O[C@H]1CCC[C@H]1Nc1ccc2ncc(-c3cc4ccccc4o3)n2n1. The molecule has 0 spiro atoms. The number of nitrogens with zero attached hydrogens (tertiary/aromatic N) is 3. The Kier molecular flexibility index (Phi) is 3.24. The fourth-order valence-corrected chi connectivity index (χ4v) is 3.53. The number of fused-ring (bicyclic) bond motifs is 2. The van der Waals surface area contributed by atoms with Gasteiger partial charge >= 0.3 is 0 Å². The molecule has 0 amide bonds. The van der Waals surface area contributed by atoms with Crippen molar-refractivity contribution in [2.24, 2.45) is 0 Å². The molecule has 0 unspecified atom stereocenters. The molecule has 1 fully saturated rings. The molecule has 0 saturated heterocycles. The maximum atomic E-state index is 10.0. The van der Waals surface area contributed by atoms with Gasteiger partial charge in [-0.05, 0) is 43.5 Å². The van der Waals surface area contributed by atoms with Crippen molar-refractivity contribution < 1.29 is 9.52 Å². The van der Waals surface area contributed by atoms with Crippen LogP contribution in [0.15, 0.2) is 53.1 Å². The summed E-state index contributed by atoms with van der Waals surface area (Å²) in [5, 5.41) is 19.1. The highest BCUT2D eigenvalue weighted by Gasteiger charge is 2.25. The van der Waals surface area contributed by atoms with Crippen molar-refractivity contribution in [1.82, 2.24) is 14.6 Å². The molecule has 3 heterocycles. The van der Waals surface area contributed by atoms with E-state index in [2.05, 4.69) is 15.4 Å². The van der Waals surface area contributed by atoms with E-state index >= 15 is 0 Å². The van der Waals surface area contributed by atoms with Crippen LogP contribution in [0.2, 0.25) is 0 Å². The van der Waals surface area contributed by atoms with Gasteiger partial charge in [0.05, 0.1) is 18.3 Å². The van der Waals surface area contributed by atoms with E-state index in [4.69, 9.17) is 4.42 Å². The van der Waals surface area contributed by atoms with Crippen LogP contribution in [0, 0.1) is 0 Å². The number of anilines is 1. The number of hydrogen-bond acceptors (Lipinski definition) is 5. The van der Waals surface area contributed by atoms with Gasteiger partial charge in [0.1, 0.15) is 17.1 Å². The van der Waals surface area contributed by atoms with Crippen molar-refractivity contribution in [1.29, 1.82) is 0 Å². The molecule has 0 aliphatic heterocycles. The molecule has 1 aromatic carbocycles. The lowest BCUT2D eigenvalue weighted by Crippen LogP contribution is -2.28. The zero-order chi connectivity index (χ0) is 16.8. The van der Waals surface area contributed by atoms with Crippen molar-refractivity contribution in [3.63, 3.8) is 0 Å². The van der Waals surface area contributed by atoms with Crippen LogP contribution in [-0.4, -0.2) is 31.9 Å². The van der Waals surface area contributed by atoms with E-state index in [1.807, 2.05) is 42.5 Å². The fourth-order valence-electron chi connectivity index (χ4n) is 3.53. The van der Waals surface area contributed by atoms with Crippen LogP contribution in [0.25, 0.3) is 28.1 Å². The van der Waals surface area contributed by atoms with Crippen LogP contribution in [0.1, 0.15) is 19.3 Å². The highest BCUT2D eigenvalue weighted by molar-refractivity contribution is 5.82. The van der Waals surface area contributed by atoms with Gasteiger partial charge in [-0.15, -0.1) is 5.10 Å².